The van der Waals surface area contributed by atoms with E-state index < -0.39 is 0 Å². The van der Waals surface area contributed by atoms with Gasteiger partial charge in [0.2, 0.25) is 0 Å². The highest BCUT2D eigenvalue weighted by Gasteiger charge is 2.16. The lowest BCUT2D eigenvalue weighted by atomic mass is 9.91. The molecule has 92 valence electrons. The minimum absolute atomic E-state index is 0.171. The van der Waals surface area contributed by atoms with Crippen molar-refractivity contribution in [2.75, 3.05) is 6.54 Å². The highest BCUT2D eigenvalue weighted by molar-refractivity contribution is 5.19. The van der Waals surface area contributed by atoms with E-state index in [-0.39, 0.29) is 17.3 Å². The normalized spacial score (nSPS) is 13.1. The summed E-state index contributed by atoms with van der Waals surface area (Å²) in [5, 5.41) is 12.2. The van der Waals surface area contributed by atoms with Crippen LogP contribution in [0.3, 0.4) is 0 Å². The minimum Gasteiger partial charge on any atom is -0.310 e. The van der Waals surface area contributed by atoms with Crippen molar-refractivity contribution in [3.63, 3.8) is 0 Å². The van der Waals surface area contributed by atoms with Gasteiger partial charge < -0.3 is 5.32 Å². The van der Waals surface area contributed by atoms with Crippen LogP contribution in [0, 0.1) is 22.6 Å². The molecule has 0 aliphatic carbocycles. The number of halogens is 1. The first-order chi connectivity index (χ1) is 7.94. The van der Waals surface area contributed by atoms with Gasteiger partial charge in [0, 0.05) is 6.04 Å². The highest BCUT2D eigenvalue weighted by atomic mass is 19.1. The van der Waals surface area contributed by atoms with E-state index in [0.717, 1.165) is 18.5 Å². The predicted octanol–water partition coefficient (Wildman–Crippen LogP) is 3.42. The molecule has 1 atom stereocenters. The van der Waals surface area contributed by atoms with Crippen molar-refractivity contribution in [3.8, 4) is 6.07 Å². The maximum atomic E-state index is 12.7. The van der Waals surface area contributed by atoms with Crippen molar-refractivity contribution in [2.24, 2.45) is 5.41 Å². The summed E-state index contributed by atoms with van der Waals surface area (Å²) in [6.45, 7) is 6.67. The largest absolute Gasteiger partial charge is 0.310 e. The summed E-state index contributed by atoms with van der Waals surface area (Å²) in [5.41, 5.74) is 0.761. The molecule has 0 fully saturated rings. The van der Waals surface area contributed by atoms with Crippen LogP contribution in [0.4, 0.5) is 4.39 Å². The van der Waals surface area contributed by atoms with Crippen LogP contribution >= 0.6 is 0 Å². The van der Waals surface area contributed by atoms with Gasteiger partial charge in [-0.2, -0.15) is 5.26 Å². The lowest BCUT2D eigenvalue weighted by Crippen LogP contribution is -2.24. The van der Waals surface area contributed by atoms with Gasteiger partial charge in [-0.15, -0.1) is 0 Å². The maximum absolute atomic E-state index is 12.7. The molecule has 1 aromatic carbocycles. The molecule has 0 saturated carbocycles. The van der Waals surface area contributed by atoms with Crippen LogP contribution in [0.25, 0.3) is 0 Å². The number of hydrogen-bond donors (Lipinski definition) is 1. The summed E-state index contributed by atoms with van der Waals surface area (Å²) in [7, 11) is 0. The zero-order chi connectivity index (χ0) is 12.9. The van der Waals surface area contributed by atoms with E-state index in [1.54, 1.807) is 12.1 Å². The van der Waals surface area contributed by atoms with Gasteiger partial charge in [-0.25, -0.2) is 4.39 Å². The first kappa shape index (κ1) is 13.7. The summed E-state index contributed by atoms with van der Waals surface area (Å²) in [6.07, 6.45) is 0.801. The highest BCUT2D eigenvalue weighted by Crippen LogP contribution is 2.19. The van der Waals surface area contributed by atoms with Crippen molar-refractivity contribution in [1.29, 1.82) is 5.26 Å². The molecule has 0 radical (unpaired) electrons. The molecule has 0 bridgehead atoms. The van der Waals surface area contributed by atoms with Crippen LogP contribution in [0.1, 0.15) is 38.8 Å². The molecule has 2 nitrogen and oxygen atoms in total. The van der Waals surface area contributed by atoms with Gasteiger partial charge in [-0.05, 0) is 51.4 Å². The number of nitrogens with zero attached hydrogens (tertiary/aromatic N) is 1. The second kappa shape index (κ2) is 5.79. The fraction of sp³-hybridized carbons (Fsp3) is 0.500. The fourth-order valence-electron chi connectivity index (χ4n) is 1.53. The van der Waals surface area contributed by atoms with Gasteiger partial charge >= 0.3 is 0 Å². The molecule has 0 heterocycles. The zero-order valence-electron chi connectivity index (χ0n) is 10.6. The molecular formula is C14H19FN2. The molecule has 0 amide bonds. The number of nitriles is 1. The van der Waals surface area contributed by atoms with Gasteiger partial charge in [-0.3, -0.25) is 0 Å². The summed E-state index contributed by atoms with van der Waals surface area (Å²) in [5.74, 6) is -0.216. The van der Waals surface area contributed by atoms with Gasteiger partial charge in [0.25, 0.3) is 0 Å². The fourth-order valence-corrected chi connectivity index (χ4v) is 1.53. The number of benzene rings is 1. The Hall–Kier alpha value is -1.40. The van der Waals surface area contributed by atoms with Crippen molar-refractivity contribution >= 4 is 0 Å². The minimum atomic E-state index is -0.296. The van der Waals surface area contributed by atoms with Crippen LogP contribution in [0.15, 0.2) is 24.3 Å². The maximum Gasteiger partial charge on any atom is 0.123 e. The van der Waals surface area contributed by atoms with Crippen LogP contribution in [-0.2, 0) is 0 Å². The van der Waals surface area contributed by atoms with E-state index >= 15 is 0 Å². The molecule has 17 heavy (non-hydrogen) atoms. The zero-order valence-corrected chi connectivity index (χ0v) is 10.6. The average molecular weight is 234 g/mol. The lowest BCUT2D eigenvalue weighted by Gasteiger charge is -2.18. The third-order valence-electron chi connectivity index (χ3n) is 2.87. The van der Waals surface area contributed by atoms with Gasteiger partial charge in [0.05, 0.1) is 11.5 Å². The molecule has 3 heteroatoms. The van der Waals surface area contributed by atoms with Crippen molar-refractivity contribution in [3.05, 3.63) is 35.6 Å². The van der Waals surface area contributed by atoms with Crippen molar-refractivity contribution in [1.82, 2.24) is 5.32 Å². The van der Waals surface area contributed by atoms with E-state index in [1.165, 1.54) is 12.1 Å². The van der Waals surface area contributed by atoms with E-state index in [9.17, 15) is 4.39 Å². The third kappa shape index (κ3) is 4.54. The molecule has 0 unspecified atom stereocenters. The van der Waals surface area contributed by atoms with Crippen LogP contribution in [0.2, 0.25) is 0 Å². The number of rotatable bonds is 5. The quantitative estimate of drug-likeness (QED) is 0.847. The Morgan fingerprint density at radius 1 is 1.35 bits per heavy atom. The Morgan fingerprint density at radius 2 is 1.94 bits per heavy atom. The lowest BCUT2D eigenvalue weighted by molar-refractivity contribution is 0.416. The standard InChI is InChI=1S/C14H19FN2/c1-11(12-4-6-13(15)7-5-12)17-9-8-14(2,3)10-16/h4-7,11,17H,8-9H2,1-3H3/t11-/m1/s1. The summed E-state index contributed by atoms with van der Waals surface area (Å²) >= 11 is 0. The van der Waals surface area contributed by atoms with E-state index in [0.29, 0.717) is 0 Å². The van der Waals surface area contributed by atoms with Crippen molar-refractivity contribution in [2.45, 2.75) is 33.2 Å². The summed E-state index contributed by atoms with van der Waals surface area (Å²) in [6, 6.07) is 8.93. The molecule has 0 saturated heterocycles. The Bertz CT molecular complexity index is 390. The van der Waals surface area contributed by atoms with Crippen LogP contribution < -0.4 is 5.32 Å². The molecule has 1 N–H and O–H groups in total. The molecule has 1 aromatic rings. The molecule has 1 rings (SSSR count). The van der Waals surface area contributed by atoms with Gasteiger partial charge in [-0.1, -0.05) is 12.1 Å². The second-order valence-electron chi connectivity index (χ2n) is 4.97. The van der Waals surface area contributed by atoms with Gasteiger partial charge in [0.15, 0.2) is 0 Å². The summed E-state index contributed by atoms with van der Waals surface area (Å²) < 4.78 is 12.7. The Kier molecular flexibility index (Phi) is 4.65. The van der Waals surface area contributed by atoms with Gasteiger partial charge in [0.1, 0.15) is 5.82 Å². The van der Waals surface area contributed by atoms with Crippen molar-refractivity contribution < 1.29 is 4.39 Å². The monoisotopic (exact) mass is 234 g/mol. The van der Waals surface area contributed by atoms with Crippen LogP contribution in [-0.4, -0.2) is 6.54 Å². The third-order valence-corrected chi connectivity index (χ3v) is 2.87. The Labute approximate surface area is 102 Å². The number of hydrogen-bond acceptors (Lipinski definition) is 2. The molecule has 0 aromatic heterocycles. The second-order valence-corrected chi connectivity index (χ2v) is 4.97. The first-order valence-corrected chi connectivity index (χ1v) is 5.85. The van der Waals surface area contributed by atoms with E-state index in [2.05, 4.69) is 11.4 Å². The number of nitrogens with one attached hydrogen (secondary N) is 1. The Balaban J connectivity index is 2.43. The average Bonchev–Trinajstić information content (AvgIpc) is 2.29. The first-order valence-electron chi connectivity index (χ1n) is 5.85. The predicted molar refractivity (Wildman–Crippen MR) is 66.8 cm³/mol. The van der Waals surface area contributed by atoms with E-state index in [4.69, 9.17) is 5.26 Å². The SMILES string of the molecule is C[C@@H](NCCC(C)(C)C#N)c1ccc(F)cc1. The molecule has 0 aliphatic rings. The molecular weight excluding hydrogens is 215 g/mol. The van der Waals surface area contributed by atoms with Crippen LogP contribution in [0.5, 0.6) is 0 Å². The Morgan fingerprint density at radius 3 is 2.47 bits per heavy atom. The van der Waals surface area contributed by atoms with E-state index in [1.807, 2.05) is 20.8 Å². The molecule has 0 aliphatic heterocycles. The molecule has 0 spiro atoms. The summed E-state index contributed by atoms with van der Waals surface area (Å²) in [4.78, 5) is 0. The smallest absolute Gasteiger partial charge is 0.123 e. The topological polar surface area (TPSA) is 35.8 Å².